The van der Waals surface area contributed by atoms with Crippen molar-refractivity contribution in [2.24, 2.45) is 5.92 Å². The second kappa shape index (κ2) is 8.19. The molecule has 1 aromatic heterocycles. The monoisotopic (exact) mass is 374 g/mol. The van der Waals surface area contributed by atoms with Gasteiger partial charge in [0, 0.05) is 31.8 Å². The van der Waals surface area contributed by atoms with Crippen LogP contribution >= 0.6 is 0 Å². The summed E-state index contributed by atoms with van der Waals surface area (Å²) in [4.78, 5) is 18.6. The number of ether oxygens (including phenoxy) is 2. The molecule has 0 N–H and O–H groups in total. The van der Waals surface area contributed by atoms with Crippen molar-refractivity contribution >= 4 is 5.91 Å². The van der Waals surface area contributed by atoms with E-state index in [4.69, 9.17) is 13.9 Å². The van der Waals surface area contributed by atoms with Gasteiger partial charge in [0.2, 0.25) is 5.91 Å². The van der Waals surface area contributed by atoms with Crippen molar-refractivity contribution in [3.05, 3.63) is 42.2 Å². The largest absolute Gasteiger partial charge is 0.441 e. The lowest BCUT2D eigenvalue weighted by Crippen LogP contribution is -2.43. The third kappa shape index (κ3) is 4.20. The first-order chi connectivity index (χ1) is 13.2. The number of likely N-dealkylation sites (tertiary alicyclic amines) is 1. The van der Waals surface area contributed by atoms with E-state index in [-0.39, 0.29) is 23.9 Å². The van der Waals surface area contributed by atoms with E-state index in [1.165, 1.54) is 12.3 Å². The maximum atomic E-state index is 13.8. The van der Waals surface area contributed by atoms with Gasteiger partial charge in [0.1, 0.15) is 5.82 Å². The molecule has 0 bridgehead atoms. The molecule has 6 nitrogen and oxygen atoms in total. The molecule has 0 radical (unpaired) electrons. The van der Waals surface area contributed by atoms with Crippen LogP contribution in [0.25, 0.3) is 11.3 Å². The quantitative estimate of drug-likeness (QED) is 0.805. The Morgan fingerprint density at radius 3 is 2.89 bits per heavy atom. The number of carbonyl (C=O) groups is 1. The number of piperidine rings is 1. The number of halogens is 1. The molecule has 0 saturated carbocycles. The van der Waals surface area contributed by atoms with Crippen molar-refractivity contribution in [1.82, 2.24) is 9.88 Å². The maximum absolute atomic E-state index is 13.8. The van der Waals surface area contributed by atoms with Crippen LogP contribution in [0.1, 0.15) is 25.2 Å². The van der Waals surface area contributed by atoms with Gasteiger partial charge in [-0.15, -0.1) is 0 Å². The summed E-state index contributed by atoms with van der Waals surface area (Å²) in [5.41, 5.74) is 0.373. The minimum Gasteiger partial charge on any atom is -0.441 e. The number of hydrogen-bond acceptors (Lipinski definition) is 5. The molecule has 7 heteroatoms. The molecule has 1 atom stereocenters. The average molecular weight is 374 g/mol. The standard InChI is InChI=1S/C20H23FN2O4/c21-16-6-2-1-5-15(16)17-12-22-18(27-17)7-8-19(24)23-9-3-4-14(13-23)20-25-10-11-26-20/h1-2,5-6,12,14,20H,3-4,7-11,13H2. The zero-order valence-corrected chi connectivity index (χ0v) is 15.1. The van der Waals surface area contributed by atoms with Crippen LogP contribution in [-0.2, 0) is 20.7 Å². The summed E-state index contributed by atoms with van der Waals surface area (Å²) in [5.74, 6) is 0.775. The van der Waals surface area contributed by atoms with Crippen LogP contribution in [0.15, 0.2) is 34.9 Å². The third-order valence-electron chi connectivity index (χ3n) is 5.09. The number of nitrogens with zero attached hydrogens (tertiary/aromatic N) is 2. The van der Waals surface area contributed by atoms with Gasteiger partial charge in [-0.3, -0.25) is 4.79 Å². The minimum atomic E-state index is -0.355. The number of hydrogen-bond donors (Lipinski definition) is 0. The Bertz CT molecular complexity index is 788. The van der Waals surface area contributed by atoms with E-state index in [0.717, 1.165) is 19.4 Å². The van der Waals surface area contributed by atoms with Gasteiger partial charge in [-0.2, -0.15) is 0 Å². The van der Waals surface area contributed by atoms with Crippen molar-refractivity contribution in [2.75, 3.05) is 26.3 Å². The highest BCUT2D eigenvalue weighted by atomic mass is 19.1. The Balaban J connectivity index is 1.32. The van der Waals surface area contributed by atoms with Gasteiger partial charge in [-0.25, -0.2) is 9.37 Å². The SMILES string of the molecule is O=C(CCc1ncc(-c2ccccc2F)o1)N1CCCC(C2OCCO2)C1. The van der Waals surface area contributed by atoms with Crippen LogP contribution < -0.4 is 0 Å². The number of benzene rings is 1. The van der Waals surface area contributed by atoms with Crippen LogP contribution in [0, 0.1) is 11.7 Å². The van der Waals surface area contributed by atoms with Gasteiger partial charge in [0.15, 0.2) is 17.9 Å². The lowest BCUT2D eigenvalue weighted by atomic mass is 9.97. The van der Waals surface area contributed by atoms with Crippen LogP contribution in [0.4, 0.5) is 4.39 Å². The summed E-state index contributed by atoms with van der Waals surface area (Å²) >= 11 is 0. The smallest absolute Gasteiger partial charge is 0.223 e. The molecule has 2 fully saturated rings. The number of aryl methyl sites for hydroxylation is 1. The van der Waals surface area contributed by atoms with Gasteiger partial charge >= 0.3 is 0 Å². The Hall–Kier alpha value is -2.25. The first-order valence-corrected chi connectivity index (χ1v) is 9.41. The number of amides is 1. The minimum absolute atomic E-state index is 0.0725. The second-order valence-corrected chi connectivity index (χ2v) is 6.95. The topological polar surface area (TPSA) is 64.8 Å². The molecule has 2 aliphatic rings. The summed E-state index contributed by atoms with van der Waals surface area (Å²) in [6, 6.07) is 6.40. The van der Waals surface area contributed by atoms with Crippen molar-refractivity contribution in [3.63, 3.8) is 0 Å². The molecule has 2 aromatic rings. The van der Waals surface area contributed by atoms with Gasteiger partial charge in [0.25, 0.3) is 0 Å². The van der Waals surface area contributed by atoms with Gasteiger partial charge in [-0.05, 0) is 25.0 Å². The molecule has 2 saturated heterocycles. The Morgan fingerprint density at radius 2 is 2.07 bits per heavy atom. The first kappa shape index (κ1) is 18.1. The van der Waals surface area contributed by atoms with Gasteiger partial charge < -0.3 is 18.8 Å². The summed E-state index contributed by atoms with van der Waals surface area (Å²) in [6.07, 6.45) is 4.00. The Labute approximate surface area is 157 Å². The van der Waals surface area contributed by atoms with Crippen molar-refractivity contribution in [3.8, 4) is 11.3 Å². The summed E-state index contributed by atoms with van der Waals surface area (Å²) < 4.78 is 30.6. The van der Waals surface area contributed by atoms with Crippen LogP contribution in [0.2, 0.25) is 0 Å². The van der Waals surface area contributed by atoms with Gasteiger partial charge in [0.05, 0.1) is 25.0 Å². The second-order valence-electron chi connectivity index (χ2n) is 6.95. The van der Waals surface area contributed by atoms with Crippen LogP contribution in [0.5, 0.6) is 0 Å². The van der Waals surface area contributed by atoms with E-state index in [9.17, 15) is 9.18 Å². The van der Waals surface area contributed by atoms with E-state index in [1.807, 2.05) is 4.90 Å². The predicted octanol–water partition coefficient (Wildman–Crippen LogP) is 3.02. The number of oxazole rings is 1. The predicted molar refractivity (Wildman–Crippen MR) is 95.2 cm³/mol. The van der Waals surface area contributed by atoms with Crippen LogP contribution in [0.3, 0.4) is 0 Å². The summed E-state index contributed by atoms with van der Waals surface area (Å²) in [7, 11) is 0. The number of rotatable bonds is 5. The normalized spacial score (nSPS) is 20.9. The van der Waals surface area contributed by atoms with Crippen LogP contribution in [-0.4, -0.2) is 48.4 Å². The van der Waals surface area contributed by atoms with Crippen molar-refractivity contribution < 1.29 is 23.1 Å². The van der Waals surface area contributed by atoms with E-state index >= 15 is 0 Å². The molecule has 27 heavy (non-hydrogen) atoms. The molecule has 4 rings (SSSR count). The highest BCUT2D eigenvalue weighted by molar-refractivity contribution is 5.76. The number of aromatic nitrogens is 1. The molecule has 1 amide bonds. The van der Waals surface area contributed by atoms with Crippen molar-refractivity contribution in [1.29, 1.82) is 0 Å². The molecule has 144 valence electrons. The molecule has 2 aliphatic heterocycles. The molecule has 0 spiro atoms. The van der Waals surface area contributed by atoms with Crippen molar-refractivity contribution in [2.45, 2.75) is 32.0 Å². The molecular weight excluding hydrogens is 351 g/mol. The molecule has 0 aliphatic carbocycles. The average Bonchev–Trinajstić information content (AvgIpc) is 3.39. The lowest BCUT2D eigenvalue weighted by molar-refractivity contribution is -0.139. The maximum Gasteiger partial charge on any atom is 0.223 e. The summed E-state index contributed by atoms with van der Waals surface area (Å²) in [5, 5.41) is 0. The highest BCUT2D eigenvalue weighted by Crippen LogP contribution is 2.26. The zero-order valence-electron chi connectivity index (χ0n) is 15.1. The third-order valence-corrected chi connectivity index (χ3v) is 5.09. The highest BCUT2D eigenvalue weighted by Gasteiger charge is 2.32. The van der Waals surface area contributed by atoms with E-state index < -0.39 is 0 Å². The first-order valence-electron chi connectivity index (χ1n) is 9.41. The Morgan fingerprint density at radius 1 is 1.26 bits per heavy atom. The molecule has 3 heterocycles. The molecule has 1 aromatic carbocycles. The Kier molecular flexibility index (Phi) is 5.50. The fraction of sp³-hybridized carbons (Fsp3) is 0.500. The van der Waals surface area contributed by atoms with Gasteiger partial charge in [-0.1, -0.05) is 12.1 Å². The van der Waals surface area contributed by atoms with E-state index in [1.54, 1.807) is 18.2 Å². The summed E-state index contributed by atoms with van der Waals surface area (Å²) in [6.45, 7) is 2.68. The molecule has 1 unspecified atom stereocenters. The fourth-order valence-corrected chi connectivity index (χ4v) is 3.69. The fourth-order valence-electron chi connectivity index (χ4n) is 3.69. The van der Waals surface area contributed by atoms with E-state index in [2.05, 4.69) is 4.98 Å². The lowest BCUT2D eigenvalue weighted by Gasteiger charge is -2.34. The molecular formula is C20H23FN2O4. The van der Waals surface area contributed by atoms with E-state index in [0.29, 0.717) is 49.8 Å². The number of carbonyl (C=O) groups excluding carboxylic acids is 1. The zero-order chi connectivity index (χ0) is 18.6.